The molecule has 2 unspecified atom stereocenters. The number of halogens is 1. The number of unbranched alkanes of at least 4 members (excludes halogenated alkanes) is 2. The molecule has 0 aromatic carbocycles. The highest BCUT2D eigenvalue weighted by atomic mass is 79.9. The van der Waals surface area contributed by atoms with Gasteiger partial charge in [-0.1, -0.05) is 25.3 Å². The normalized spacial score (nSPS) is 23.2. The Hall–Kier alpha value is -1.13. The molecule has 1 aromatic heterocycles. The second-order valence-electron chi connectivity index (χ2n) is 6.47. The Morgan fingerprint density at radius 1 is 1.35 bits per heavy atom. The summed E-state index contributed by atoms with van der Waals surface area (Å²) in [5.74, 6) is 2.29. The first-order valence-corrected chi connectivity index (χ1v) is 9.47. The van der Waals surface area contributed by atoms with E-state index < -0.39 is 0 Å². The molecule has 2 aliphatic rings. The molecule has 0 radical (unpaired) electrons. The summed E-state index contributed by atoms with van der Waals surface area (Å²) < 4.78 is 6.87. The van der Waals surface area contributed by atoms with Crippen LogP contribution in [0, 0.1) is 5.92 Å². The molecule has 2 aliphatic carbocycles. The van der Waals surface area contributed by atoms with Crippen molar-refractivity contribution < 1.29 is 4.74 Å². The van der Waals surface area contributed by atoms with Crippen molar-refractivity contribution in [2.75, 3.05) is 6.54 Å². The zero-order chi connectivity index (χ0) is 16.1. The van der Waals surface area contributed by atoms with Crippen molar-refractivity contribution in [1.29, 1.82) is 0 Å². The fraction of sp³-hybridized carbons (Fsp3) is 0.526. The van der Waals surface area contributed by atoms with Gasteiger partial charge in [0.2, 0.25) is 5.88 Å². The predicted molar refractivity (Wildman–Crippen MR) is 97.4 cm³/mol. The average Bonchev–Trinajstić information content (AvgIpc) is 2.96. The molecule has 0 saturated heterocycles. The third kappa shape index (κ3) is 4.67. The lowest BCUT2D eigenvalue weighted by molar-refractivity contribution is 0.413. The lowest BCUT2D eigenvalue weighted by Gasteiger charge is -2.16. The van der Waals surface area contributed by atoms with Crippen molar-refractivity contribution >= 4 is 15.9 Å². The van der Waals surface area contributed by atoms with Crippen LogP contribution in [0.25, 0.3) is 0 Å². The molecule has 3 nitrogen and oxygen atoms in total. The SMILES string of the molecule is CCCCCNC1CC2=CC(Oc3ccc(Br)cn3)=CCC2C1. The molecular weight excluding hydrogens is 352 g/mol. The second kappa shape index (κ2) is 8.11. The minimum absolute atomic E-state index is 0.640. The minimum Gasteiger partial charge on any atom is -0.439 e. The van der Waals surface area contributed by atoms with Crippen LogP contribution < -0.4 is 10.1 Å². The number of hydrogen-bond donors (Lipinski definition) is 1. The van der Waals surface area contributed by atoms with Gasteiger partial charge in [0, 0.05) is 22.8 Å². The Bertz CT molecular complexity index is 580. The van der Waals surface area contributed by atoms with E-state index in [-0.39, 0.29) is 0 Å². The molecule has 23 heavy (non-hydrogen) atoms. The van der Waals surface area contributed by atoms with Crippen molar-refractivity contribution in [1.82, 2.24) is 10.3 Å². The monoisotopic (exact) mass is 376 g/mol. The quantitative estimate of drug-likeness (QED) is 0.680. The smallest absolute Gasteiger partial charge is 0.219 e. The summed E-state index contributed by atoms with van der Waals surface area (Å²) in [5, 5.41) is 3.72. The molecule has 1 aromatic rings. The predicted octanol–water partition coefficient (Wildman–Crippen LogP) is 5.00. The maximum atomic E-state index is 5.90. The maximum absolute atomic E-state index is 5.90. The first kappa shape index (κ1) is 16.7. The summed E-state index contributed by atoms with van der Waals surface area (Å²) in [6, 6.07) is 4.48. The van der Waals surface area contributed by atoms with Crippen molar-refractivity contribution in [3.8, 4) is 5.88 Å². The van der Waals surface area contributed by atoms with Gasteiger partial charge >= 0.3 is 0 Å². The molecule has 1 N–H and O–H groups in total. The molecular formula is C19H25BrN2O. The summed E-state index contributed by atoms with van der Waals surface area (Å²) in [6.07, 6.45) is 13.6. The van der Waals surface area contributed by atoms with Crippen LogP contribution in [-0.2, 0) is 0 Å². The van der Waals surface area contributed by atoms with Gasteiger partial charge in [-0.15, -0.1) is 0 Å². The Balaban J connectivity index is 1.52. The van der Waals surface area contributed by atoms with Crippen LogP contribution in [0.1, 0.15) is 45.4 Å². The van der Waals surface area contributed by atoms with E-state index in [1.165, 1.54) is 31.3 Å². The molecule has 124 valence electrons. The number of nitrogens with one attached hydrogen (secondary N) is 1. The third-order valence-electron chi connectivity index (χ3n) is 4.64. The van der Waals surface area contributed by atoms with Gasteiger partial charge in [0.05, 0.1) is 0 Å². The third-order valence-corrected chi connectivity index (χ3v) is 5.11. The summed E-state index contributed by atoms with van der Waals surface area (Å²) in [6.45, 7) is 3.40. The fourth-order valence-corrected chi connectivity index (χ4v) is 3.64. The highest BCUT2D eigenvalue weighted by molar-refractivity contribution is 9.10. The number of aromatic nitrogens is 1. The highest BCUT2D eigenvalue weighted by Gasteiger charge is 2.30. The van der Waals surface area contributed by atoms with Gasteiger partial charge in [-0.05, 0) is 72.3 Å². The molecule has 1 heterocycles. The van der Waals surface area contributed by atoms with E-state index in [1.807, 2.05) is 12.1 Å². The highest BCUT2D eigenvalue weighted by Crippen LogP contribution is 2.38. The van der Waals surface area contributed by atoms with E-state index in [2.05, 4.69) is 45.3 Å². The van der Waals surface area contributed by atoms with E-state index in [1.54, 1.807) is 6.20 Å². The van der Waals surface area contributed by atoms with E-state index in [9.17, 15) is 0 Å². The van der Waals surface area contributed by atoms with Crippen molar-refractivity contribution in [2.45, 2.75) is 51.5 Å². The number of ether oxygens (including phenoxy) is 1. The topological polar surface area (TPSA) is 34.1 Å². The number of pyridine rings is 1. The molecule has 0 amide bonds. The Labute approximate surface area is 147 Å². The molecule has 0 bridgehead atoms. The molecule has 0 aliphatic heterocycles. The number of fused-ring (bicyclic) bond motifs is 1. The van der Waals surface area contributed by atoms with Crippen LogP contribution >= 0.6 is 15.9 Å². The van der Waals surface area contributed by atoms with Crippen LogP contribution in [0.5, 0.6) is 5.88 Å². The first-order chi connectivity index (χ1) is 11.2. The standard InChI is InChI=1S/C19H25BrN2O/c1-2-3-4-9-21-17-10-14-5-7-18(12-15(14)11-17)23-19-8-6-16(20)13-22-19/h6-8,12-14,17,21H,2-5,9-11H2,1H3. The van der Waals surface area contributed by atoms with Crippen molar-refractivity contribution in [3.63, 3.8) is 0 Å². The summed E-state index contributed by atoms with van der Waals surface area (Å²) >= 11 is 3.39. The Kier molecular flexibility index (Phi) is 5.90. The molecule has 3 rings (SSSR count). The molecule has 1 saturated carbocycles. The van der Waals surface area contributed by atoms with Gasteiger partial charge in [0.1, 0.15) is 5.76 Å². The average molecular weight is 377 g/mol. The minimum atomic E-state index is 0.640. The van der Waals surface area contributed by atoms with Crippen LogP contribution in [-0.4, -0.2) is 17.6 Å². The summed E-state index contributed by atoms with van der Waals surface area (Å²) in [7, 11) is 0. The zero-order valence-electron chi connectivity index (χ0n) is 13.7. The Morgan fingerprint density at radius 2 is 2.26 bits per heavy atom. The van der Waals surface area contributed by atoms with Gasteiger partial charge in [-0.2, -0.15) is 0 Å². The largest absolute Gasteiger partial charge is 0.439 e. The van der Waals surface area contributed by atoms with Crippen molar-refractivity contribution in [2.24, 2.45) is 5.92 Å². The van der Waals surface area contributed by atoms with Crippen molar-refractivity contribution in [3.05, 3.63) is 46.3 Å². The van der Waals surface area contributed by atoms with Gasteiger partial charge in [-0.25, -0.2) is 4.98 Å². The molecule has 1 fully saturated rings. The van der Waals surface area contributed by atoms with E-state index in [0.717, 1.165) is 29.6 Å². The number of hydrogen-bond acceptors (Lipinski definition) is 3. The molecule has 4 heteroatoms. The molecule has 2 atom stereocenters. The molecule has 0 spiro atoms. The van der Waals surface area contributed by atoms with Gasteiger partial charge in [0.15, 0.2) is 0 Å². The van der Waals surface area contributed by atoms with Gasteiger partial charge in [0.25, 0.3) is 0 Å². The lowest BCUT2D eigenvalue weighted by atomic mass is 9.94. The van der Waals surface area contributed by atoms with Gasteiger partial charge in [-0.3, -0.25) is 0 Å². The summed E-state index contributed by atoms with van der Waals surface area (Å²) in [5.41, 5.74) is 1.53. The Morgan fingerprint density at radius 3 is 3.04 bits per heavy atom. The number of allylic oxidation sites excluding steroid dienone is 2. The van der Waals surface area contributed by atoms with E-state index in [0.29, 0.717) is 17.8 Å². The summed E-state index contributed by atoms with van der Waals surface area (Å²) in [4.78, 5) is 4.28. The van der Waals surface area contributed by atoms with Crippen LogP contribution in [0.4, 0.5) is 0 Å². The van der Waals surface area contributed by atoms with Crippen LogP contribution in [0.3, 0.4) is 0 Å². The number of rotatable bonds is 7. The first-order valence-electron chi connectivity index (χ1n) is 8.68. The lowest BCUT2D eigenvalue weighted by Crippen LogP contribution is -2.27. The zero-order valence-corrected chi connectivity index (χ0v) is 15.3. The van der Waals surface area contributed by atoms with Gasteiger partial charge < -0.3 is 10.1 Å². The van der Waals surface area contributed by atoms with E-state index >= 15 is 0 Å². The maximum Gasteiger partial charge on any atom is 0.219 e. The van der Waals surface area contributed by atoms with E-state index in [4.69, 9.17) is 4.74 Å². The van der Waals surface area contributed by atoms with Crippen LogP contribution in [0.2, 0.25) is 0 Å². The second-order valence-corrected chi connectivity index (χ2v) is 7.39. The number of nitrogens with zero attached hydrogens (tertiary/aromatic N) is 1. The fourth-order valence-electron chi connectivity index (χ4n) is 3.40. The van der Waals surface area contributed by atoms with Crippen LogP contribution in [0.15, 0.2) is 46.3 Å².